The van der Waals surface area contributed by atoms with E-state index in [1.807, 2.05) is 18.2 Å². The Labute approximate surface area is 127 Å². The number of aliphatic hydroxyl groups is 1. The Morgan fingerprint density at radius 3 is 2.71 bits per heavy atom. The normalized spacial score (nSPS) is 19.2. The first-order valence-electron chi connectivity index (χ1n) is 7.90. The Morgan fingerprint density at radius 1 is 1.29 bits per heavy atom. The molecule has 1 saturated heterocycles. The fourth-order valence-electron chi connectivity index (χ4n) is 2.56. The molecule has 1 aliphatic rings. The van der Waals surface area contributed by atoms with E-state index in [4.69, 9.17) is 9.47 Å². The first-order chi connectivity index (χ1) is 10.2. The predicted octanol–water partition coefficient (Wildman–Crippen LogP) is 2.27. The molecule has 0 saturated carbocycles. The van der Waals surface area contributed by atoms with Crippen LogP contribution in [0.2, 0.25) is 0 Å². The van der Waals surface area contributed by atoms with E-state index in [0.717, 1.165) is 38.5 Å². The number of β-amino-alcohol motifs (C(OH)–C–C–N with tert-alkyl or cyclic N) is 1. The van der Waals surface area contributed by atoms with Gasteiger partial charge in [0.05, 0.1) is 13.2 Å². The SMILES string of the molecule is CC[C@H](C)c1ccccc1OC[C@@H](O)CN1CCOCC1. The van der Waals surface area contributed by atoms with E-state index in [9.17, 15) is 5.11 Å². The van der Waals surface area contributed by atoms with E-state index < -0.39 is 6.10 Å². The van der Waals surface area contributed by atoms with Crippen LogP contribution < -0.4 is 4.74 Å². The molecule has 0 bridgehead atoms. The van der Waals surface area contributed by atoms with Gasteiger partial charge in [0.2, 0.25) is 0 Å². The topological polar surface area (TPSA) is 41.9 Å². The second-order valence-electron chi connectivity index (χ2n) is 5.72. The summed E-state index contributed by atoms with van der Waals surface area (Å²) in [6, 6.07) is 8.12. The number of rotatable bonds is 7. The monoisotopic (exact) mass is 293 g/mol. The van der Waals surface area contributed by atoms with Crippen LogP contribution in [-0.2, 0) is 4.74 Å². The molecule has 1 aliphatic heterocycles. The summed E-state index contributed by atoms with van der Waals surface area (Å²) in [5.41, 5.74) is 1.22. The van der Waals surface area contributed by atoms with Gasteiger partial charge in [-0.15, -0.1) is 0 Å². The Morgan fingerprint density at radius 2 is 2.00 bits per heavy atom. The van der Waals surface area contributed by atoms with Gasteiger partial charge in [0, 0.05) is 19.6 Å². The zero-order chi connectivity index (χ0) is 15.1. The Bertz CT molecular complexity index is 418. The van der Waals surface area contributed by atoms with Crippen LogP contribution in [0.4, 0.5) is 0 Å². The highest BCUT2D eigenvalue weighted by Gasteiger charge is 2.16. The van der Waals surface area contributed by atoms with Gasteiger partial charge in [-0.1, -0.05) is 32.0 Å². The van der Waals surface area contributed by atoms with Gasteiger partial charge in [0.25, 0.3) is 0 Å². The van der Waals surface area contributed by atoms with Crippen molar-refractivity contribution in [2.24, 2.45) is 0 Å². The predicted molar refractivity (Wildman–Crippen MR) is 83.9 cm³/mol. The molecule has 1 aromatic rings. The fraction of sp³-hybridized carbons (Fsp3) is 0.647. The number of nitrogens with zero attached hydrogens (tertiary/aromatic N) is 1. The average molecular weight is 293 g/mol. The molecular formula is C17H27NO3. The van der Waals surface area contributed by atoms with Crippen LogP contribution in [0.15, 0.2) is 24.3 Å². The lowest BCUT2D eigenvalue weighted by atomic mass is 9.98. The van der Waals surface area contributed by atoms with Crippen LogP contribution in [0, 0.1) is 0 Å². The molecule has 0 unspecified atom stereocenters. The summed E-state index contributed by atoms with van der Waals surface area (Å²) in [6.45, 7) is 8.65. The average Bonchev–Trinajstić information content (AvgIpc) is 2.53. The van der Waals surface area contributed by atoms with Gasteiger partial charge < -0.3 is 14.6 Å². The molecule has 1 aromatic carbocycles. The largest absolute Gasteiger partial charge is 0.491 e. The third-order valence-corrected chi connectivity index (χ3v) is 4.07. The second kappa shape index (κ2) is 8.37. The third kappa shape index (κ3) is 4.99. The van der Waals surface area contributed by atoms with E-state index in [0.29, 0.717) is 19.1 Å². The molecule has 0 spiro atoms. The van der Waals surface area contributed by atoms with Crippen molar-refractivity contribution in [3.05, 3.63) is 29.8 Å². The highest BCUT2D eigenvalue weighted by atomic mass is 16.5. The summed E-state index contributed by atoms with van der Waals surface area (Å²) in [5, 5.41) is 10.1. The molecule has 1 fully saturated rings. The lowest BCUT2D eigenvalue weighted by Crippen LogP contribution is -2.42. The molecule has 21 heavy (non-hydrogen) atoms. The first kappa shape index (κ1) is 16.3. The third-order valence-electron chi connectivity index (χ3n) is 4.07. The van der Waals surface area contributed by atoms with E-state index in [1.54, 1.807) is 0 Å². The number of aliphatic hydroxyl groups excluding tert-OH is 1. The molecule has 2 atom stereocenters. The van der Waals surface area contributed by atoms with Gasteiger partial charge in [-0.3, -0.25) is 4.90 Å². The van der Waals surface area contributed by atoms with Gasteiger partial charge in [-0.05, 0) is 24.0 Å². The van der Waals surface area contributed by atoms with Gasteiger partial charge in [0.1, 0.15) is 18.5 Å². The molecule has 0 amide bonds. The molecule has 1 N–H and O–H groups in total. The standard InChI is InChI=1S/C17H27NO3/c1-3-14(2)16-6-4-5-7-17(16)21-13-15(19)12-18-8-10-20-11-9-18/h4-7,14-15,19H,3,8-13H2,1-2H3/t14-,15-/m0/s1. The fourth-order valence-corrected chi connectivity index (χ4v) is 2.56. The molecule has 0 aliphatic carbocycles. The summed E-state index contributed by atoms with van der Waals surface area (Å²) in [5.74, 6) is 1.37. The van der Waals surface area contributed by atoms with Gasteiger partial charge in [0.15, 0.2) is 0 Å². The van der Waals surface area contributed by atoms with E-state index in [-0.39, 0.29) is 0 Å². The molecule has 1 heterocycles. The maximum atomic E-state index is 10.1. The van der Waals surface area contributed by atoms with Gasteiger partial charge in [-0.2, -0.15) is 0 Å². The number of hydrogen-bond donors (Lipinski definition) is 1. The number of ether oxygens (including phenoxy) is 2. The van der Waals surface area contributed by atoms with Crippen LogP contribution >= 0.6 is 0 Å². The second-order valence-corrected chi connectivity index (χ2v) is 5.72. The molecule has 4 nitrogen and oxygen atoms in total. The van der Waals surface area contributed by atoms with Gasteiger partial charge >= 0.3 is 0 Å². The summed E-state index contributed by atoms with van der Waals surface area (Å²) in [4.78, 5) is 2.22. The van der Waals surface area contributed by atoms with Crippen LogP contribution in [0.1, 0.15) is 31.7 Å². The van der Waals surface area contributed by atoms with Crippen molar-refractivity contribution < 1.29 is 14.6 Å². The maximum Gasteiger partial charge on any atom is 0.122 e. The van der Waals surface area contributed by atoms with Crippen molar-refractivity contribution in [2.45, 2.75) is 32.3 Å². The minimum Gasteiger partial charge on any atom is -0.491 e. The zero-order valence-corrected chi connectivity index (χ0v) is 13.1. The Hall–Kier alpha value is -1.10. The lowest BCUT2D eigenvalue weighted by Gasteiger charge is -2.28. The number of hydrogen-bond acceptors (Lipinski definition) is 4. The number of morpholine rings is 1. The van der Waals surface area contributed by atoms with E-state index in [1.165, 1.54) is 5.56 Å². The van der Waals surface area contributed by atoms with Crippen molar-refractivity contribution in [3.63, 3.8) is 0 Å². The van der Waals surface area contributed by atoms with Crippen molar-refractivity contribution in [1.82, 2.24) is 4.90 Å². The van der Waals surface area contributed by atoms with Crippen LogP contribution in [-0.4, -0.2) is 55.6 Å². The highest BCUT2D eigenvalue weighted by molar-refractivity contribution is 5.35. The summed E-state index contributed by atoms with van der Waals surface area (Å²) < 4.78 is 11.2. The molecule has 2 rings (SSSR count). The Kier molecular flexibility index (Phi) is 6.49. The summed E-state index contributed by atoms with van der Waals surface area (Å²) in [6.07, 6.45) is 0.615. The lowest BCUT2D eigenvalue weighted by molar-refractivity contribution is 0.00455. The van der Waals surface area contributed by atoms with Gasteiger partial charge in [-0.25, -0.2) is 0 Å². The van der Waals surface area contributed by atoms with Crippen molar-refractivity contribution in [1.29, 1.82) is 0 Å². The highest BCUT2D eigenvalue weighted by Crippen LogP contribution is 2.28. The van der Waals surface area contributed by atoms with Crippen LogP contribution in [0.25, 0.3) is 0 Å². The van der Waals surface area contributed by atoms with Crippen molar-refractivity contribution in [2.75, 3.05) is 39.5 Å². The summed E-state index contributed by atoms with van der Waals surface area (Å²) >= 11 is 0. The Balaban J connectivity index is 1.84. The zero-order valence-electron chi connectivity index (χ0n) is 13.1. The molecular weight excluding hydrogens is 266 g/mol. The van der Waals surface area contributed by atoms with Crippen LogP contribution in [0.3, 0.4) is 0 Å². The van der Waals surface area contributed by atoms with Crippen molar-refractivity contribution in [3.8, 4) is 5.75 Å². The minimum absolute atomic E-state index is 0.338. The number of para-hydroxylation sites is 1. The minimum atomic E-state index is -0.465. The maximum absolute atomic E-state index is 10.1. The quantitative estimate of drug-likeness (QED) is 0.837. The molecule has 4 heteroatoms. The van der Waals surface area contributed by atoms with Crippen molar-refractivity contribution >= 4 is 0 Å². The molecule has 0 radical (unpaired) electrons. The smallest absolute Gasteiger partial charge is 0.122 e. The van der Waals surface area contributed by atoms with E-state index in [2.05, 4.69) is 24.8 Å². The summed E-state index contributed by atoms with van der Waals surface area (Å²) in [7, 11) is 0. The molecule has 118 valence electrons. The molecule has 0 aromatic heterocycles. The number of benzene rings is 1. The first-order valence-corrected chi connectivity index (χ1v) is 7.90. The van der Waals surface area contributed by atoms with Crippen LogP contribution in [0.5, 0.6) is 5.75 Å². The van der Waals surface area contributed by atoms with E-state index >= 15 is 0 Å².